The van der Waals surface area contributed by atoms with E-state index in [2.05, 4.69) is 46.6 Å². The van der Waals surface area contributed by atoms with Crippen molar-refractivity contribution in [3.8, 4) is 0 Å². The highest BCUT2D eigenvalue weighted by Crippen LogP contribution is 2.47. The van der Waals surface area contributed by atoms with Crippen LogP contribution in [0.3, 0.4) is 0 Å². The molecule has 0 spiro atoms. The molecule has 9 heteroatoms. The normalized spacial score (nSPS) is 28.7. The second-order valence-electron chi connectivity index (χ2n) is 13.6. The highest BCUT2D eigenvalue weighted by molar-refractivity contribution is 7.99. The fraction of sp³-hybridized carbons (Fsp3) is 0.632. The molecule has 0 amide bonds. The summed E-state index contributed by atoms with van der Waals surface area (Å²) in [6.07, 6.45) is 12.1. The third kappa shape index (κ3) is 7.56. The summed E-state index contributed by atoms with van der Waals surface area (Å²) >= 11 is 2.00. The van der Waals surface area contributed by atoms with Crippen molar-refractivity contribution in [1.82, 2.24) is 14.9 Å². The first-order chi connectivity index (χ1) is 22.7. The minimum atomic E-state index is -3.27. The molecule has 2 aromatic rings. The maximum Gasteiger partial charge on any atom is 0.278 e. The van der Waals surface area contributed by atoms with Crippen LogP contribution < -0.4 is 10.2 Å². The first kappa shape index (κ1) is 35.8. The quantitative estimate of drug-likeness (QED) is 0.326. The summed E-state index contributed by atoms with van der Waals surface area (Å²) in [5.74, 6) is -0.931. The monoisotopic (exact) mass is 669 g/mol. The van der Waals surface area contributed by atoms with Crippen molar-refractivity contribution >= 4 is 29.5 Å². The van der Waals surface area contributed by atoms with E-state index in [9.17, 15) is 0 Å². The van der Waals surface area contributed by atoms with E-state index in [1.54, 1.807) is 12.1 Å². The standard InChI is InChI=1S/C36H48F3N5S.C2H6/c1-23-19-28-20-24(2)43(23)15-8-6-5-7-9-16-44-26(4)30(27-13-17-45-18-14-27)21-31-34(40-22-41-35(31)44)42-25(3)29-11-10-12-32(33(29)37)36(28,38)39;1-2/h10-12,21-25,27-28H,4-9,13-20H2,1-3H3,(H,40,41,42);1-2H3/t23?,24?,25-,28?;/m1./s1. The number of piperidine rings is 1. The Labute approximate surface area is 284 Å². The van der Waals surface area contributed by atoms with Crippen molar-refractivity contribution in [2.45, 2.75) is 116 Å². The molecule has 1 N–H and O–H groups in total. The van der Waals surface area contributed by atoms with Crippen LogP contribution in [0, 0.1) is 17.7 Å². The number of hydrogen-bond acceptors (Lipinski definition) is 6. The van der Waals surface area contributed by atoms with Crippen molar-refractivity contribution in [2.75, 3.05) is 34.8 Å². The van der Waals surface area contributed by atoms with Gasteiger partial charge in [-0.25, -0.2) is 23.1 Å². The average Bonchev–Trinajstić information content (AvgIpc) is 3.07. The van der Waals surface area contributed by atoms with E-state index in [-0.39, 0.29) is 17.6 Å². The molecule has 8 bridgehead atoms. The molecule has 7 rings (SSSR count). The fourth-order valence-corrected chi connectivity index (χ4v) is 9.18. The van der Waals surface area contributed by atoms with E-state index in [1.165, 1.54) is 18.0 Å². The van der Waals surface area contributed by atoms with Gasteiger partial charge in [-0.2, -0.15) is 11.8 Å². The van der Waals surface area contributed by atoms with Crippen LogP contribution in [0.4, 0.5) is 24.8 Å². The van der Waals surface area contributed by atoms with Crippen molar-refractivity contribution in [1.29, 1.82) is 0 Å². The lowest BCUT2D eigenvalue weighted by Crippen LogP contribution is -2.50. The van der Waals surface area contributed by atoms with Crippen LogP contribution >= 0.6 is 11.8 Å². The van der Waals surface area contributed by atoms with Gasteiger partial charge in [-0.3, -0.25) is 4.90 Å². The molecule has 5 aliphatic heterocycles. The van der Waals surface area contributed by atoms with Gasteiger partial charge in [0.15, 0.2) is 0 Å². The minimum absolute atomic E-state index is 0.0273. The number of thioether (sulfide) groups is 1. The summed E-state index contributed by atoms with van der Waals surface area (Å²) in [7, 11) is 0. The topological polar surface area (TPSA) is 44.3 Å². The molecule has 258 valence electrons. The lowest BCUT2D eigenvalue weighted by Gasteiger charge is -2.45. The second kappa shape index (κ2) is 15.8. The lowest BCUT2D eigenvalue weighted by atomic mass is 9.79. The van der Waals surface area contributed by atoms with Gasteiger partial charge in [0.1, 0.15) is 23.8 Å². The van der Waals surface area contributed by atoms with E-state index in [0.29, 0.717) is 24.6 Å². The van der Waals surface area contributed by atoms with Gasteiger partial charge in [0.25, 0.3) is 5.92 Å². The molecule has 0 saturated carbocycles. The van der Waals surface area contributed by atoms with Crippen LogP contribution in [0.1, 0.15) is 115 Å². The van der Waals surface area contributed by atoms with Crippen molar-refractivity contribution in [2.24, 2.45) is 11.8 Å². The number of nitrogens with one attached hydrogen (secondary N) is 1. The summed E-state index contributed by atoms with van der Waals surface area (Å²) in [6.45, 7) is 16.2. The van der Waals surface area contributed by atoms with Crippen molar-refractivity contribution in [3.63, 3.8) is 0 Å². The molecular weight excluding hydrogens is 616 g/mol. The molecular formula is C38H54F3N5S. The van der Waals surface area contributed by atoms with Gasteiger partial charge < -0.3 is 10.2 Å². The van der Waals surface area contributed by atoms with Crippen LogP contribution in [0.25, 0.3) is 6.08 Å². The molecule has 2 saturated heterocycles. The maximum absolute atomic E-state index is 16.2. The molecule has 1 aromatic carbocycles. The Morgan fingerprint density at radius 1 is 0.936 bits per heavy atom. The maximum atomic E-state index is 16.2. The van der Waals surface area contributed by atoms with Crippen LogP contribution in [-0.2, 0) is 5.92 Å². The predicted molar refractivity (Wildman–Crippen MR) is 192 cm³/mol. The van der Waals surface area contributed by atoms with Gasteiger partial charge in [-0.05, 0) is 94.9 Å². The average molecular weight is 670 g/mol. The summed E-state index contributed by atoms with van der Waals surface area (Å²) in [5.41, 5.74) is 2.83. The van der Waals surface area contributed by atoms with Gasteiger partial charge in [0.05, 0.1) is 17.2 Å². The van der Waals surface area contributed by atoms with Crippen LogP contribution in [0.5, 0.6) is 0 Å². The third-order valence-corrected chi connectivity index (χ3v) is 11.7. The number of aromatic nitrogens is 2. The van der Waals surface area contributed by atoms with Gasteiger partial charge in [0, 0.05) is 35.8 Å². The third-order valence-electron chi connectivity index (χ3n) is 10.6. The van der Waals surface area contributed by atoms with Crippen molar-refractivity contribution < 1.29 is 13.2 Å². The Hall–Kier alpha value is -2.52. The summed E-state index contributed by atoms with van der Waals surface area (Å²) in [6, 6.07) is 3.92. The van der Waals surface area contributed by atoms with Gasteiger partial charge in [-0.15, -0.1) is 0 Å². The van der Waals surface area contributed by atoms with E-state index < -0.39 is 29.3 Å². The summed E-state index contributed by atoms with van der Waals surface area (Å²) in [5, 5.41) is 3.40. The molecule has 1 aromatic heterocycles. The zero-order valence-corrected chi connectivity index (χ0v) is 29.8. The highest BCUT2D eigenvalue weighted by Gasteiger charge is 2.48. The second-order valence-corrected chi connectivity index (χ2v) is 14.8. The molecule has 0 radical (unpaired) electrons. The van der Waals surface area contributed by atoms with Crippen LogP contribution in [0.2, 0.25) is 0 Å². The van der Waals surface area contributed by atoms with Crippen LogP contribution in [-0.4, -0.2) is 51.5 Å². The smallest absolute Gasteiger partial charge is 0.278 e. The lowest BCUT2D eigenvalue weighted by molar-refractivity contribution is -0.107. The molecule has 6 heterocycles. The number of benzene rings is 1. The first-order valence-electron chi connectivity index (χ1n) is 18.0. The predicted octanol–water partition coefficient (Wildman–Crippen LogP) is 10.2. The molecule has 47 heavy (non-hydrogen) atoms. The van der Waals surface area contributed by atoms with E-state index in [0.717, 1.165) is 86.6 Å². The Morgan fingerprint density at radius 2 is 1.60 bits per heavy atom. The van der Waals surface area contributed by atoms with Gasteiger partial charge in [-0.1, -0.05) is 57.9 Å². The van der Waals surface area contributed by atoms with E-state index in [4.69, 9.17) is 4.98 Å². The van der Waals surface area contributed by atoms with Gasteiger partial charge >= 0.3 is 0 Å². The number of alkyl halides is 2. The zero-order chi connectivity index (χ0) is 33.7. The molecule has 3 atom stereocenters. The Bertz CT molecular complexity index is 1400. The Morgan fingerprint density at radius 3 is 2.30 bits per heavy atom. The molecule has 5 aliphatic rings. The van der Waals surface area contributed by atoms with Gasteiger partial charge in [0.2, 0.25) is 0 Å². The number of anilines is 2. The van der Waals surface area contributed by atoms with E-state index >= 15 is 13.2 Å². The zero-order valence-electron chi connectivity index (χ0n) is 29.0. The Kier molecular flexibility index (Phi) is 12.0. The SMILES string of the molecule is C=C1C(C2CCSCC2)=Cc2c3ncnc2N1CCCCCCCN1C(C)CC(CC1C)C(F)(F)c1cccc(c1F)[C@@H](C)N3.CC. The first-order valence-corrected chi connectivity index (χ1v) is 19.1. The molecule has 2 unspecified atom stereocenters. The number of hydrogen-bond donors (Lipinski definition) is 1. The minimum Gasteiger partial charge on any atom is -0.363 e. The molecule has 0 aliphatic carbocycles. The van der Waals surface area contributed by atoms with E-state index in [1.807, 2.05) is 32.5 Å². The largest absolute Gasteiger partial charge is 0.363 e. The Balaban J connectivity index is 0.00000213. The number of nitrogens with zero attached hydrogens (tertiary/aromatic N) is 4. The fourth-order valence-electron chi connectivity index (χ4n) is 8.08. The number of rotatable bonds is 1. The molecule has 5 nitrogen and oxygen atoms in total. The molecule has 2 fully saturated rings. The summed E-state index contributed by atoms with van der Waals surface area (Å²) < 4.78 is 48.6. The summed E-state index contributed by atoms with van der Waals surface area (Å²) in [4.78, 5) is 14.0. The number of allylic oxidation sites excluding steroid dienone is 1. The van der Waals surface area contributed by atoms with Crippen molar-refractivity contribution in [3.05, 3.63) is 64.9 Å². The number of halogens is 3. The number of fused-ring (bicyclic) bond motifs is 9. The van der Waals surface area contributed by atoms with Crippen LogP contribution in [0.15, 0.2) is 42.4 Å². The highest BCUT2D eigenvalue weighted by atomic mass is 32.2.